The molecule has 0 saturated carbocycles. The van der Waals surface area contributed by atoms with Crippen molar-refractivity contribution >= 4 is 0 Å². The fourth-order valence-corrected chi connectivity index (χ4v) is 1.80. The Morgan fingerprint density at radius 1 is 1.00 bits per heavy atom. The van der Waals surface area contributed by atoms with Crippen molar-refractivity contribution in [3.05, 3.63) is 35.4 Å². The first-order chi connectivity index (χ1) is 7.38. The summed E-state index contributed by atoms with van der Waals surface area (Å²) in [6, 6.07) is 8.70. The van der Waals surface area contributed by atoms with Gasteiger partial charge >= 0.3 is 0 Å². The van der Waals surface area contributed by atoms with Gasteiger partial charge in [-0.1, -0.05) is 51.0 Å². The van der Waals surface area contributed by atoms with E-state index in [1.165, 1.54) is 30.4 Å². The Morgan fingerprint density at radius 2 is 1.73 bits per heavy atom. The molecule has 15 heavy (non-hydrogen) atoms. The second-order valence-corrected chi connectivity index (χ2v) is 4.01. The average molecular weight is 205 g/mol. The fourth-order valence-electron chi connectivity index (χ4n) is 1.80. The van der Waals surface area contributed by atoms with Crippen LogP contribution in [0.1, 0.15) is 44.2 Å². The highest BCUT2D eigenvalue weighted by atomic mass is 14.8. The molecular weight excluding hydrogens is 182 g/mol. The number of rotatable bonds is 7. The molecule has 1 aromatic rings. The molecule has 0 radical (unpaired) electrons. The van der Waals surface area contributed by atoms with E-state index >= 15 is 0 Å². The molecule has 0 amide bonds. The Labute approximate surface area is 93.9 Å². The smallest absolute Gasteiger partial charge is 0.0208 e. The standard InChI is InChI=1S/C14H23N/c1-3-5-8-11-15-12-14-10-7-6-9-13(14)4-2/h6-7,9-10,15H,3-5,8,11-12H2,1-2H3. The largest absolute Gasteiger partial charge is 0.313 e. The number of nitrogens with one attached hydrogen (secondary N) is 1. The van der Waals surface area contributed by atoms with Gasteiger partial charge < -0.3 is 5.32 Å². The molecule has 0 heterocycles. The van der Waals surface area contributed by atoms with Gasteiger partial charge in [-0.2, -0.15) is 0 Å². The number of hydrogen-bond acceptors (Lipinski definition) is 1. The molecule has 0 aliphatic heterocycles. The van der Waals surface area contributed by atoms with Crippen molar-refractivity contribution in [1.82, 2.24) is 5.32 Å². The van der Waals surface area contributed by atoms with Gasteiger partial charge in [0.2, 0.25) is 0 Å². The summed E-state index contributed by atoms with van der Waals surface area (Å²) in [5.74, 6) is 0. The fraction of sp³-hybridized carbons (Fsp3) is 0.571. The summed E-state index contributed by atoms with van der Waals surface area (Å²) in [6.45, 7) is 6.63. The third-order valence-corrected chi connectivity index (χ3v) is 2.77. The average Bonchev–Trinajstić information content (AvgIpc) is 2.29. The van der Waals surface area contributed by atoms with Crippen molar-refractivity contribution in [2.24, 2.45) is 0 Å². The zero-order chi connectivity index (χ0) is 10.9. The van der Waals surface area contributed by atoms with Crippen molar-refractivity contribution in [1.29, 1.82) is 0 Å². The van der Waals surface area contributed by atoms with Gasteiger partial charge in [-0.25, -0.2) is 0 Å². The Balaban J connectivity index is 2.30. The lowest BCUT2D eigenvalue weighted by Gasteiger charge is -2.08. The molecule has 0 spiro atoms. The maximum absolute atomic E-state index is 3.51. The van der Waals surface area contributed by atoms with E-state index in [0.29, 0.717) is 0 Å². The van der Waals surface area contributed by atoms with Crippen LogP contribution in [0.15, 0.2) is 24.3 Å². The predicted molar refractivity (Wildman–Crippen MR) is 67.1 cm³/mol. The summed E-state index contributed by atoms with van der Waals surface area (Å²) in [6.07, 6.45) is 5.06. The zero-order valence-electron chi connectivity index (χ0n) is 10.1. The molecule has 0 bridgehead atoms. The number of aryl methyl sites for hydroxylation is 1. The van der Waals surface area contributed by atoms with Crippen molar-refractivity contribution in [3.8, 4) is 0 Å². The van der Waals surface area contributed by atoms with E-state index in [4.69, 9.17) is 0 Å². The first kappa shape index (κ1) is 12.3. The van der Waals surface area contributed by atoms with Crippen LogP contribution in [-0.4, -0.2) is 6.54 Å². The van der Waals surface area contributed by atoms with Crippen molar-refractivity contribution in [3.63, 3.8) is 0 Å². The Kier molecular flexibility index (Phi) is 6.10. The van der Waals surface area contributed by atoms with Crippen LogP contribution >= 0.6 is 0 Å². The molecule has 0 aromatic heterocycles. The predicted octanol–water partition coefficient (Wildman–Crippen LogP) is 3.53. The van der Waals surface area contributed by atoms with Crippen molar-refractivity contribution < 1.29 is 0 Å². The van der Waals surface area contributed by atoms with E-state index < -0.39 is 0 Å². The minimum Gasteiger partial charge on any atom is -0.313 e. The van der Waals surface area contributed by atoms with E-state index in [1.54, 1.807) is 0 Å². The van der Waals surface area contributed by atoms with E-state index in [0.717, 1.165) is 19.5 Å². The highest BCUT2D eigenvalue weighted by Gasteiger charge is 1.98. The molecular formula is C14H23N. The topological polar surface area (TPSA) is 12.0 Å². The summed E-state index contributed by atoms with van der Waals surface area (Å²) in [5.41, 5.74) is 2.93. The molecule has 1 N–H and O–H groups in total. The van der Waals surface area contributed by atoms with Crippen LogP contribution in [-0.2, 0) is 13.0 Å². The minimum atomic E-state index is 1.02. The highest BCUT2D eigenvalue weighted by Crippen LogP contribution is 2.08. The quantitative estimate of drug-likeness (QED) is 0.671. The van der Waals surface area contributed by atoms with Crippen LogP contribution in [0.2, 0.25) is 0 Å². The van der Waals surface area contributed by atoms with Gasteiger partial charge in [-0.15, -0.1) is 0 Å². The molecule has 1 heteroatoms. The number of benzene rings is 1. The summed E-state index contributed by atoms with van der Waals surface area (Å²) in [7, 11) is 0. The third-order valence-electron chi connectivity index (χ3n) is 2.77. The van der Waals surface area contributed by atoms with Crippen LogP contribution in [0, 0.1) is 0 Å². The molecule has 1 rings (SSSR count). The van der Waals surface area contributed by atoms with Gasteiger partial charge in [-0.05, 0) is 30.5 Å². The van der Waals surface area contributed by atoms with Crippen LogP contribution in [0.4, 0.5) is 0 Å². The highest BCUT2D eigenvalue weighted by molar-refractivity contribution is 5.26. The molecule has 1 aromatic carbocycles. The van der Waals surface area contributed by atoms with Crippen LogP contribution in [0.3, 0.4) is 0 Å². The van der Waals surface area contributed by atoms with Gasteiger partial charge in [0.25, 0.3) is 0 Å². The van der Waals surface area contributed by atoms with Gasteiger partial charge in [0.1, 0.15) is 0 Å². The van der Waals surface area contributed by atoms with E-state index in [-0.39, 0.29) is 0 Å². The third kappa shape index (κ3) is 4.48. The van der Waals surface area contributed by atoms with Crippen LogP contribution in [0.5, 0.6) is 0 Å². The summed E-state index contributed by atoms with van der Waals surface area (Å²) in [4.78, 5) is 0. The number of hydrogen-bond donors (Lipinski definition) is 1. The zero-order valence-corrected chi connectivity index (χ0v) is 10.1. The molecule has 0 saturated heterocycles. The van der Waals surface area contributed by atoms with Gasteiger partial charge in [0.15, 0.2) is 0 Å². The summed E-state index contributed by atoms with van der Waals surface area (Å²) >= 11 is 0. The second-order valence-electron chi connectivity index (χ2n) is 4.01. The summed E-state index contributed by atoms with van der Waals surface area (Å²) in [5, 5.41) is 3.51. The monoisotopic (exact) mass is 205 g/mol. The summed E-state index contributed by atoms with van der Waals surface area (Å²) < 4.78 is 0. The van der Waals surface area contributed by atoms with Gasteiger partial charge in [0, 0.05) is 6.54 Å². The van der Waals surface area contributed by atoms with Crippen molar-refractivity contribution in [2.75, 3.05) is 6.54 Å². The van der Waals surface area contributed by atoms with Crippen LogP contribution < -0.4 is 5.32 Å². The lowest BCUT2D eigenvalue weighted by molar-refractivity contribution is 0.615. The molecule has 0 aliphatic rings. The van der Waals surface area contributed by atoms with Crippen molar-refractivity contribution in [2.45, 2.75) is 46.1 Å². The molecule has 0 atom stereocenters. The Morgan fingerprint density at radius 3 is 2.40 bits per heavy atom. The first-order valence-electron chi connectivity index (χ1n) is 6.16. The number of unbranched alkanes of at least 4 members (excludes halogenated alkanes) is 2. The lowest BCUT2D eigenvalue weighted by Crippen LogP contribution is -2.15. The van der Waals surface area contributed by atoms with E-state index in [9.17, 15) is 0 Å². The molecule has 1 nitrogen and oxygen atoms in total. The minimum absolute atomic E-state index is 1.02. The van der Waals surface area contributed by atoms with Crippen LogP contribution in [0.25, 0.3) is 0 Å². The maximum atomic E-state index is 3.51. The molecule has 84 valence electrons. The second kappa shape index (κ2) is 7.47. The van der Waals surface area contributed by atoms with E-state index in [1.807, 2.05) is 0 Å². The van der Waals surface area contributed by atoms with E-state index in [2.05, 4.69) is 43.4 Å². The molecule has 0 aliphatic carbocycles. The maximum Gasteiger partial charge on any atom is 0.0208 e. The Bertz CT molecular complexity index is 268. The van der Waals surface area contributed by atoms with Gasteiger partial charge in [0.05, 0.1) is 0 Å². The SMILES string of the molecule is CCCCCNCc1ccccc1CC. The van der Waals surface area contributed by atoms with Gasteiger partial charge in [-0.3, -0.25) is 0 Å². The lowest BCUT2D eigenvalue weighted by atomic mass is 10.1. The molecule has 0 fully saturated rings. The Hall–Kier alpha value is -0.820. The first-order valence-corrected chi connectivity index (χ1v) is 6.16. The molecule has 0 unspecified atom stereocenters. The normalized spacial score (nSPS) is 10.5.